The van der Waals surface area contributed by atoms with E-state index >= 15 is 0 Å². The Kier molecular flexibility index (Phi) is 4.88. The van der Waals surface area contributed by atoms with Crippen LogP contribution in [0.2, 0.25) is 0 Å². The molecule has 104 valence electrons. The third kappa shape index (κ3) is 3.92. The average molecular weight is 269 g/mol. The highest BCUT2D eigenvalue weighted by atomic mass is 16.5. The molecule has 0 saturated carbocycles. The summed E-state index contributed by atoms with van der Waals surface area (Å²) in [5.41, 5.74) is 2.78. The standard InChI is InChI=1S/C17H19NO2/c1-3-7-20-16-10-15(11-18-12-16)17(19)9-14-6-4-5-13(2)8-14/h4-6,8,10-12H,3,7,9H2,1-2H3. The number of aromatic nitrogens is 1. The fourth-order valence-electron chi connectivity index (χ4n) is 1.98. The molecule has 20 heavy (non-hydrogen) atoms. The van der Waals surface area contributed by atoms with Crippen molar-refractivity contribution in [2.24, 2.45) is 0 Å². The third-order valence-electron chi connectivity index (χ3n) is 2.96. The van der Waals surface area contributed by atoms with E-state index in [1.54, 1.807) is 18.5 Å². The fourth-order valence-corrected chi connectivity index (χ4v) is 1.98. The minimum absolute atomic E-state index is 0.0602. The maximum absolute atomic E-state index is 12.3. The van der Waals surface area contributed by atoms with Gasteiger partial charge in [0, 0.05) is 18.2 Å². The Bertz CT molecular complexity index is 593. The van der Waals surface area contributed by atoms with Crippen LogP contribution in [-0.2, 0) is 6.42 Å². The molecule has 2 aromatic rings. The summed E-state index contributed by atoms with van der Waals surface area (Å²) in [4.78, 5) is 16.3. The van der Waals surface area contributed by atoms with Gasteiger partial charge in [0.15, 0.2) is 5.78 Å². The lowest BCUT2D eigenvalue weighted by atomic mass is 10.0. The molecule has 0 unspecified atom stereocenters. The van der Waals surface area contributed by atoms with Crippen LogP contribution in [-0.4, -0.2) is 17.4 Å². The maximum atomic E-state index is 12.3. The van der Waals surface area contributed by atoms with Crippen LogP contribution in [0.3, 0.4) is 0 Å². The van der Waals surface area contributed by atoms with Gasteiger partial charge < -0.3 is 4.74 Å². The number of nitrogens with zero attached hydrogens (tertiary/aromatic N) is 1. The zero-order valence-electron chi connectivity index (χ0n) is 11.9. The molecule has 0 radical (unpaired) electrons. The van der Waals surface area contributed by atoms with Crippen molar-refractivity contribution >= 4 is 5.78 Å². The van der Waals surface area contributed by atoms with Gasteiger partial charge in [-0.3, -0.25) is 9.78 Å². The molecule has 1 aromatic carbocycles. The van der Waals surface area contributed by atoms with Gasteiger partial charge in [0.05, 0.1) is 12.8 Å². The summed E-state index contributed by atoms with van der Waals surface area (Å²) in [6.45, 7) is 4.70. The molecule has 1 aromatic heterocycles. The Morgan fingerprint density at radius 3 is 2.85 bits per heavy atom. The minimum Gasteiger partial charge on any atom is -0.492 e. The SMILES string of the molecule is CCCOc1cncc(C(=O)Cc2cccc(C)c2)c1. The van der Waals surface area contributed by atoms with Crippen LogP contribution in [0, 0.1) is 6.92 Å². The number of aryl methyl sites for hydroxylation is 1. The maximum Gasteiger partial charge on any atom is 0.168 e. The highest BCUT2D eigenvalue weighted by Gasteiger charge is 2.09. The first-order valence-corrected chi connectivity index (χ1v) is 6.85. The molecule has 3 heteroatoms. The molecular formula is C17H19NO2. The molecule has 0 aliphatic rings. The Balaban J connectivity index is 2.09. The lowest BCUT2D eigenvalue weighted by Crippen LogP contribution is -2.05. The van der Waals surface area contributed by atoms with Crippen molar-refractivity contribution in [1.82, 2.24) is 4.98 Å². The molecule has 0 fully saturated rings. The van der Waals surface area contributed by atoms with E-state index in [2.05, 4.69) is 4.98 Å². The molecule has 0 amide bonds. The molecule has 3 nitrogen and oxygen atoms in total. The van der Waals surface area contributed by atoms with Crippen molar-refractivity contribution in [2.45, 2.75) is 26.7 Å². The average Bonchev–Trinajstić information content (AvgIpc) is 2.45. The molecule has 0 aliphatic heterocycles. The van der Waals surface area contributed by atoms with Crippen LogP contribution in [0.25, 0.3) is 0 Å². The second-order valence-electron chi connectivity index (χ2n) is 4.85. The van der Waals surface area contributed by atoms with Crippen LogP contribution in [0.4, 0.5) is 0 Å². The van der Waals surface area contributed by atoms with Gasteiger partial charge in [0.25, 0.3) is 0 Å². The molecule has 0 atom stereocenters. The molecule has 0 spiro atoms. The number of rotatable bonds is 6. The topological polar surface area (TPSA) is 39.2 Å². The first-order valence-electron chi connectivity index (χ1n) is 6.85. The van der Waals surface area contributed by atoms with Gasteiger partial charge in [0.1, 0.15) is 5.75 Å². The quantitative estimate of drug-likeness (QED) is 0.752. The smallest absolute Gasteiger partial charge is 0.168 e. The minimum atomic E-state index is 0.0602. The number of ether oxygens (including phenoxy) is 1. The summed E-state index contributed by atoms with van der Waals surface area (Å²) in [6, 6.07) is 9.75. The number of Topliss-reactive ketones (excluding diaryl/α,β-unsaturated/α-hetero) is 1. The number of benzene rings is 1. The number of carbonyl (C=O) groups is 1. The summed E-state index contributed by atoms with van der Waals surface area (Å²) < 4.78 is 5.50. The first kappa shape index (κ1) is 14.3. The highest BCUT2D eigenvalue weighted by Crippen LogP contribution is 2.14. The van der Waals surface area contributed by atoms with Gasteiger partial charge in [-0.2, -0.15) is 0 Å². The monoisotopic (exact) mass is 269 g/mol. The zero-order chi connectivity index (χ0) is 14.4. The van der Waals surface area contributed by atoms with E-state index in [-0.39, 0.29) is 5.78 Å². The Hall–Kier alpha value is -2.16. The van der Waals surface area contributed by atoms with Crippen LogP contribution in [0.1, 0.15) is 34.8 Å². The Morgan fingerprint density at radius 2 is 2.10 bits per heavy atom. The Labute approximate surface area is 119 Å². The van der Waals surface area contributed by atoms with E-state index in [0.29, 0.717) is 24.3 Å². The molecule has 0 aliphatic carbocycles. The molecule has 0 saturated heterocycles. The lowest BCUT2D eigenvalue weighted by molar-refractivity contribution is 0.0992. The molecule has 1 heterocycles. The summed E-state index contributed by atoms with van der Waals surface area (Å²) in [5.74, 6) is 0.715. The van der Waals surface area contributed by atoms with Gasteiger partial charge >= 0.3 is 0 Å². The van der Waals surface area contributed by atoms with E-state index in [0.717, 1.165) is 17.5 Å². The predicted molar refractivity (Wildman–Crippen MR) is 79.2 cm³/mol. The highest BCUT2D eigenvalue weighted by molar-refractivity contribution is 5.97. The normalized spacial score (nSPS) is 10.3. The number of carbonyl (C=O) groups excluding carboxylic acids is 1. The van der Waals surface area contributed by atoms with E-state index in [1.165, 1.54) is 0 Å². The van der Waals surface area contributed by atoms with Crippen molar-refractivity contribution in [3.63, 3.8) is 0 Å². The number of hydrogen-bond acceptors (Lipinski definition) is 3. The summed E-state index contributed by atoms with van der Waals surface area (Å²) in [7, 11) is 0. The zero-order valence-corrected chi connectivity index (χ0v) is 11.9. The second-order valence-corrected chi connectivity index (χ2v) is 4.85. The summed E-state index contributed by atoms with van der Waals surface area (Å²) >= 11 is 0. The van der Waals surface area contributed by atoms with Crippen molar-refractivity contribution in [2.75, 3.05) is 6.61 Å². The van der Waals surface area contributed by atoms with Crippen molar-refractivity contribution in [3.8, 4) is 5.75 Å². The van der Waals surface area contributed by atoms with Gasteiger partial charge in [0.2, 0.25) is 0 Å². The van der Waals surface area contributed by atoms with Crippen molar-refractivity contribution in [3.05, 3.63) is 59.4 Å². The van der Waals surface area contributed by atoms with E-state index in [1.807, 2.05) is 38.1 Å². The van der Waals surface area contributed by atoms with E-state index in [4.69, 9.17) is 4.74 Å². The van der Waals surface area contributed by atoms with Crippen LogP contribution < -0.4 is 4.74 Å². The van der Waals surface area contributed by atoms with E-state index in [9.17, 15) is 4.79 Å². The van der Waals surface area contributed by atoms with Gasteiger partial charge in [-0.15, -0.1) is 0 Å². The van der Waals surface area contributed by atoms with E-state index < -0.39 is 0 Å². The van der Waals surface area contributed by atoms with Gasteiger partial charge in [-0.25, -0.2) is 0 Å². The predicted octanol–water partition coefficient (Wildman–Crippen LogP) is 3.60. The first-order chi connectivity index (χ1) is 9.69. The fraction of sp³-hybridized carbons (Fsp3) is 0.294. The van der Waals surface area contributed by atoms with Gasteiger partial charge in [-0.05, 0) is 25.0 Å². The molecule has 2 rings (SSSR count). The summed E-state index contributed by atoms with van der Waals surface area (Å²) in [6.07, 6.45) is 4.55. The third-order valence-corrected chi connectivity index (χ3v) is 2.96. The Morgan fingerprint density at radius 1 is 1.25 bits per heavy atom. The number of hydrogen-bond donors (Lipinski definition) is 0. The lowest BCUT2D eigenvalue weighted by Gasteiger charge is -2.06. The molecule has 0 N–H and O–H groups in total. The molecular weight excluding hydrogens is 250 g/mol. The second kappa shape index (κ2) is 6.85. The van der Waals surface area contributed by atoms with Gasteiger partial charge in [-0.1, -0.05) is 36.8 Å². The largest absolute Gasteiger partial charge is 0.492 e. The van der Waals surface area contributed by atoms with Crippen LogP contribution in [0.5, 0.6) is 5.75 Å². The number of pyridine rings is 1. The van der Waals surface area contributed by atoms with Crippen LogP contribution in [0.15, 0.2) is 42.7 Å². The molecule has 0 bridgehead atoms. The van der Waals surface area contributed by atoms with Crippen molar-refractivity contribution < 1.29 is 9.53 Å². The van der Waals surface area contributed by atoms with Crippen LogP contribution >= 0.6 is 0 Å². The van der Waals surface area contributed by atoms with Crippen molar-refractivity contribution in [1.29, 1.82) is 0 Å². The number of ketones is 1. The summed E-state index contributed by atoms with van der Waals surface area (Å²) in [5, 5.41) is 0.